The lowest BCUT2D eigenvalue weighted by molar-refractivity contribution is -0.173. The maximum absolute atomic E-state index is 14.2. The number of halogens is 6. The molecule has 6 rings (SSSR count). The molecule has 2 N–H and O–H groups in total. The summed E-state index contributed by atoms with van der Waals surface area (Å²) in [6.07, 6.45) is -4.97. The van der Waals surface area contributed by atoms with Crippen LogP contribution in [-0.2, 0) is 0 Å². The highest BCUT2D eigenvalue weighted by atomic mass is 79.9. The highest BCUT2D eigenvalue weighted by Crippen LogP contribution is 2.46. The van der Waals surface area contributed by atoms with Crippen molar-refractivity contribution >= 4 is 33.3 Å². The van der Waals surface area contributed by atoms with Gasteiger partial charge in [-0.05, 0) is 70.0 Å². The topological polar surface area (TPSA) is 77.4 Å². The first-order valence-corrected chi connectivity index (χ1v) is 14.3. The molecular formula is C32H22BrF5N4O3. The molecule has 1 aliphatic rings. The number of ether oxygens (including phenoxy) is 2. The molecule has 0 fully saturated rings. The molecule has 1 aromatic heterocycles. The van der Waals surface area contributed by atoms with Crippen LogP contribution in [0.4, 0.5) is 33.5 Å². The summed E-state index contributed by atoms with van der Waals surface area (Å²) in [5.74, 6) is -0.785. The van der Waals surface area contributed by atoms with Crippen molar-refractivity contribution in [2.75, 3.05) is 10.6 Å². The van der Waals surface area contributed by atoms with Crippen LogP contribution in [0, 0.1) is 11.6 Å². The van der Waals surface area contributed by atoms with E-state index in [2.05, 4.69) is 31.7 Å². The van der Waals surface area contributed by atoms with Crippen molar-refractivity contribution in [1.82, 2.24) is 9.78 Å². The van der Waals surface area contributed by atoms with Crippen LogP contribution in [0.1, 0.15) is 34.6 Å². The maximum Gasteiger partial charge on any atom is 0.410 e. The lowest BCUT2D eigenvalue weighted by Crippen LogP contribution is -2.35. The minimum Gasteiger partial charge on any atom is -0.457 e. The van der Waals surface area contributed by atoms with E-state index in [1.54, 1.807) is 30.3 Å². The van der Waals surface area contributed by atoms with Gasteiger partial charge in [-0.1, -0.05) is 30.3 Å². The number of alkyl halides is 3. The average Bonchev–Trinajstić information content (AvgIpc) is 3.35. The maximum atomic E-state index is 14.2. The number of anilines is 2. The minimum absolute atomic E-state index is 0.0105. The molecule has 1 aliphatic heterocycles. The van der Waals surface area contributed by atoms with Gasteiger partial charge in [0.05, 0.1) is 10.5 Å². The lowest BCUT2D eigenvalue weighted by atomic mass is 9.97. The fraction of sp³-hybridized carbons (Fsp3) is 0.125. The number of amides is 1. The molecule has 0 aliphatic carbocycles. The quantitative estimate of drug-likeness (QED) is 0.167. The molecule has 4 aromatic carbocycles. The number of aromatic nitrogens is 2. The SMILES string of the molecule is O=C(Nc1cc(Oc2ccc(F)cc2)cc(Oc2ccc(F)cc2)c1)c1nn2c(c1Br)N[C@H](c1ccccc1)C[C@@H]2C(F)(F)F. The molecule has 230 valence electrons. The number of carbonyl (C=O) groups excluding carboxylic acids is 1. The first kappa shape index (κ1) is 30.1. The van der Waals surface area contributed by atoms with Crippen LogP contribution >= 0.6 is 15.9 Å². The molecule has 2 heterocycles. The number of carbonyl (C=O) groups is 1. The largest absolute Gasteiger partial charge is 0.457 e. The van der Waals surface area contributed by atoms with Gasteiger partial charge < -0.3 is 20.1 Å². The highest BCUT2D eigenvalue weighted by molar-refractivity contribution is 9.10. The zero-order valence-corrected chi connectivity index (χ0v) is 24.6. The van der Waals surface area contributed by atoms with Gasteiger partial charge in [0.1, 0.15) is 40.5 Å². The Labute approximate surface area is 261 Å². The summed E-state index contributed by atoms with van der Waals surface area (Å²) in [7, 11) is 0. The van der Waals surface area contributed by atoms with Crippen molar-refractivity contribution in [3.63, 3.8) is 0 Å². The van der Waals surface area contributed by atoms with Gasteiger partial charge in [-0.2, -0.15) is 18.3 Å². The highest BCUT2D eigenvalue weighted by Gasteiger charge is 2.47. The molecule has 5 aromatic rings. The molecule has 0 saturated carbocycles. The molecule has 0 saturated heterocycles. The van der Waals surface area contributed by atoms with E-state index in [0.29, 0.717) is 5.56 Å². The first-order chi connectivity index (χ1) is 21.5. The Bertz CT molecular complexity index is 1770. The van der Waals surface area contributed by atoms with Crippen molar-refractivity contribution in [2.45, 2.75) is 24.7 Å². The molecule has 1 amide bonds. The normalized spacial score (nSPS) is 16.0. The molecule has 0 unspecified atom stereocenters. The smallest absolute Gasteiger partial charge is 0.410 e. The second kappa shape index (κ2) is 12.2. The van der Waals surface area contributed by atoms with Gasteiger partial charge in [-0.15, -0.1) is 0 Å². The molecule has 45 heavy (non-hydrogen) atoms. The molecule has 0 radical (unpaired) electrons. The van der Waals surface area contributed by atoms with Crippen LogP contribution in [-0.4, -0.2) is 21.9 Å². The van der Waals surface area contributed by atoms with Crippen LogP contribution < -0.4 is 20.1 Å². The Morgan fingerprint density at radius 2 is 1.40 bits per heavy atom. The summed E-state index contributed by atoms with van der Waals surface area (Å²) < 4.78 is 82.0. The average molecular weight is 685 g/mol. The van der Waals surface area contributed by atoms with Crippen LogP contribution in [0.25, 0.3) is 0 Å². The number of rotatable bonds is 7. The molecule has 0 bridgehead atoms. The van der Waals surface area contributed by atoms with E-state index >= 15 is 0 Å². The molecule has 13 heteroatoms. The van der Waals surface area contributed by atoms with E-state index in [1.165, 1.54) is 66.7 Å². The van der Waals surface area contributed by atoms with Crippen LogP contribution in [0.5, 0.6) is 23.0 Å². The predicted molar refractivity (Wildman–Crippen MR) is 160 cm³/mol. The Morgan fingerprint density at radius 3 is 1.93 bits per heavy atom. The van der Waals surface area contributed by atoms with Gasteiger partial charge in [0.2, 0.25) is 0 Å². The Balaban J connectivity index is 1.31. The van der Waals surface area contributed by atoms with Gasteiger partial charge in [0.15, 0.2) is 11.7 Å². The van der Waals surface area contributed by atoms with E-state index < -0.39 is 35.8 Å². The van der Waals surface area contributed by atoms with Gasteiger partial charge in [0.25, 0.3) is 5.91 Å². The van der Waals surface area contributed by atoms with Gasteiger partial charge in [0, 0.05) is 30.3 Å². The monoisotopic (exact) mass is 684 g/mol. The number of fused-ring (bicyclic) bond motifs is 1. The summed E-state index contributed by atoms with van der Waals surface area (Å²) in [4.78, 5) is 13.5. The van der Waals surface area contributed by atoms with Crippen molar-refractivity contribution in [3.05, 3.63) is 124 Å². The number of nitrogens with one attached hydrogen (secondary N) is 2. The lowest BCUT2D eigenvalue weighted by Gasteiger charge is -2.33. The van der Waals surface area contributed by atoms with E-state index in [0.717, 1.165) is 4.68 Å². The standard InChI is InChI=1S/C32H22BrF5N4O3/c33-28-29(41-42-27(32(36,37)38)17-26(40-30(28)42)18-4-2-1-3-5-18)31(43)39-21-14-24(44-22-10-6-19(34)7-11-22)16-25(15-21)45-23-12-8-20(35)9-13-23/h1-16,26-27,40H,17H2,(H,39,43)/t26-,27+/m0/s1. The Kier molecular flexibility index (Phi) is 8.19. The van der Waals surface area contributed by atoms with Crippen LogP contribution in [0.3, 0.4) is 0 Å². The van der Waals surface area contributed by atoms with E-state index in [1.807, 2.05) is 0 Å². The summed E-state index contributed by atoms with van der Waals surface area (Å²) in [5.41, 5.74) is 0.521. The summed E-state index contributed by atoms with van der Waals surface area (Å²) in [6, 6.07) is 20.9. The van der Waals surface area contributed by atoms with E-state index in [4.69, 9.17) is 9.47 Å². The second-order valence-corrected chi connectivity index (χ2v) is 10.9. The molecule has 7 nitrogen and oxygen atoms in total. The van der Waals surface area contributed by atoms with Crippen molar-refractivity contribution in [2.24, 2.45) is 0 Å². The first-order valence-electron chi connectivity index (χ1n) is 13.5. The number of hydrogen-bond donors (Lipinski definition) is 2. The van der Waals surface area contributed by atoms with Gasteiger partial charge >= 0.3 is 6.18 Å². The third-order valence-electron chi connectivity index (χ3n) is 6.95. The number of benzene rings is 4. The predicted octanol–water partition coefficient (Wildman–Crippen LogP) is 9.42. The third kappa shape index (κ3) is 6.78. The van der Waals surface area contributed by atoms with E-state index in [-0.39, 0.29) is 51.1 Å². The van der Waals surface area contributed by atoms with Crippen LogP contribution in [0.15, 0.2) is 102 Å². The zero-order valence-electron chi connectivity index (χ0n) is 23.0. The Hall–Kier alpha value is -4.91. The fourth-order valence-electron chi connectivity index (χ4n) is 4.87. The third-order valence-corrected chi connectivity index (χ3v) is 7.70. The summed E-state index contributed by atoms with van der Waals surface area (Å²) in [6.45, 7) is 0. The minimum atomic E-state index is -4.64. The van der Waals surface area contributed by atoms with Crippen LogP contribution in [0.2, 0.25) is 0 Å². The fourth-order valence-corrected chi connectivity index (χ4v) is 5.42. The second-order valence-electron chi connectivity index (χ2n) is 10.1. The zero-order chi connectivity index (χ0) is 31.7. The molecular weight excluding hydrogens is 663 g/mol. The van der Waals surface area contributed by atoms with E-state index in [9.17, 15) is 26.7 Å². The number of hydrogen-bond acceptors (Lipinski definition) is 5. The van der Waals surface area contributed by atoms with Crippen molar-refractivity contribution in [1.29, 1.82) is 0 Å². The van der Waals surface area contributed by atoms with Gasteiger partial charge in [-0.25, -0.2) is 13.5 Å². The number of nitrogens with zero attached hydrogens (tertiary/aromatic N) is 2. The Morgan fingerprint density at radius 1 is 0.844 bits per heavy atom. The summed E-state index contributed by atoms with van der Waals surface area (Å²) in [5, 5.41) is 9.79. The summed E-state index contributed by atoms with van der Waals surface area (Å²) >= 11 is 3.29. The molecule has 0 spiro atoms. The molecule has 2 atom stereocenters. The van der Waals surface area contributed by atoms with Crippen molar-refractivity contribution in [3.8, 4) is 23.0 Å². The van der Waals surface area contributed by atoms with Gasteiger partial charge in [-0.3, -0.25) is 4.79 Å². The van der Waals surface area contributed by atoms with Crippen molar-refractivity contribution < 1.29 is 36.2 Å².